The molecule has 110 valence electrons. The molecule has 0 aromatic heterocycles. The number of methoxy groups -OCH3 is 1. The molecule has 0 unspecified atom stereocenters. The molecular weight excluding hydrogens is 284 g/mol. The van der Waals surface area contributed by atoms with Gasteiger partial charge in [-0.1, -0.05) is 0 Å². The lowest BCUT2D eigenvalue weighted by molar-refractivity contribution is -0.140. The van der Waals surface area contributed by atoms with Crippen LogP contribution in [0.15, 0.2) is 0 Å². The Kier molecular flexibility index (Phi) is 6.79. The normalized spacial score (nSPS) is 12.5. The van der Waals surface area contributed by atoms with Gasteiger partial charge < -0.3 is 14.9 Å². The number of carboxylic acid groups (broad SMARTS) is 2. The number of ether oxygens (including phenoxy) is 1. The first kappa shape index (κ1) is 17.1. The lowest BCUT2D eigenvalue weighted by Crippen LogP contribution is -2.48. The Balaban J connectivity index is 4.53. The van der Waals surface area contributed by atoms with Gasteiger partial charge in [0.05, 0.1) is 7.11 Å². The van der Waals surface area contributed by atoms with Gasteiger partial charge in [-0.25, -0.2) is 9.52 Å². The van der Waals surface area contributed by atoms with Crippen LogP contribution in [0.1, 0.15) is 19.3 Å². The maximum atomic E-state index is 11.3. The summed E-state index contributed by atoms with van der Waals surface area (Å²) in [7, 11) is -3.45. The molecule has 19 heavy (non-hydrogen) atoms. The molecule has 0 saturated carbocycles. The van der Waals surface area contributed by atoms with E-state index in [0.717, 1.165) is 7.11 Å². The average molecular weight is 298 g/mol. The van der Waals surface area contributed by atoms with Crippen LogP contribution in [0.5, 0.6) is 0 Å². The summed E-state index contributed by atoms with van der Waals surface area (Å²) in [6.45, 7) is 0. The van der Waals surface area contributed by atoms with Gasteiger partial charge in [-0.3, -0.25) is 9.59 Å². The van der Waals surface area contributed by atoms with E-state index >= 15 is 0 Å². The fraction of sp³-hybridized carbons (Fsp3) is 0.625. The second-order valence-corrected chi connectivity index (χ2v) is 4.84. The van der Waals surface area contributed by atoms with Crippen molar-refractivity contribution < 1.29 is 37.8 Å². The van der Waals surface area contributed by atoms with Crippen LogP contribution in [-0.2, 0) is 24.5 Å². The zero-order valence-corrected chi connectivity index (χ0v) is 10.8. The van der Waals surface area contributed by atoms with Crippen molar-refractivity contribution in [1.29, 1.82) is 0 Å². The van der Waals surface area contributed by atoms with Crippen molar-refractivity contribution in [2.75, 3.05) is 7.11 Å². The van der Waals surface area contributed by atoms with Crippen molar-refractivity contribution in [3.05, 3.63) is 0 Å². The second kappa shape index (κ2) is 7.53. The van der Waals surface area contributed by atoms with Crippen molar-refractivity contribution in [3.63, 3.8) is 0 Å². The highest BCUT2D eigenvalue weighted by atomic mass is 32.2. The molecular formula is C8H14N2O8S. The Morgan fingerprint density at radius 3 is 2.26 bits per heavy atom. The summed E-state index contributed by atoms with van der Waals surface area (Å²) >= 11 is 0. The van der Waals surface area contributed by atoms with Crippen LogP contribution in [0.25, 0.3) is 0 Å². The molecule has 0 bridgehead atoms. The largest absolute Gasteiger partial charge is 0.481 e. The first-order valence-corrected chi connectivity index (χ1v) is 6.49. The molecule has 0 fully saturated rings. The molecule has 1 amide bonds. The fourth-order valence-electron chi connectivity index (χ4n) is 1.06. The SMILES string of the molecule is COC(=O)NS(=O)(=O)N[C@H](CCCC(=O)O)C(=O)O. The van der Waals surface area contributed by atoms with Gasteiger partial charge in [0, 0.05) is 6.42 Å². The Labute approximate surface area is 108 Å². The quantitative estimate of drug-likeness (QED) is 0.438. The van der Waals surface area contributed by atoms with E-state index < -0.39 is 34.3 Å². The number of hydrogen-bond acceptors (Lipinski definition) is 6. The molecule has 11 heteroatoms. The summed E-state index contributed by atoms with van der Waals surface area (Å²) in [5.74, 6) is -2.61. The molecule has 0 radical (unpaired) electrons. The van der Waals surface area contributed by atoms with Crippen molar-refractivity contribution >= 4 is 28.2 Å². The highest BCUT2D eigenvalue weighted by Gasteiger charge is 2.25. The zero-order valence-electron chi connectivity index (χ0n) is 9.95. The third-order valence-electron chi connectivity index (χ3n) is 1.88. The zero-order chi connectivity index (χ0) is 15.1. The van der Waals surface area contributed by atoms with Crippen LogP contribution in [0.4, 0.5) is 4.79 Å². The van der Waals surface area contributed by atoms with Crippen LogP contribution in [0, 0.1) is 0 Å². The van der Waals surface area contributed by atoms with Crippen LogP contribution >= 0.6 is 0 Å². The number of carboxylic acids is 2. The fourth-order valence-corrected chi connectivity index (χ4v) is 2.01. The summed E-state index contributed by atoms with van der Waals surface area (Å²) in [4.78, 5) is 31.8. The van der Waals surface area contributed by atoms with E-state index in [0.29, 0.717) is 0 Å². The molecule has 0 aliphatic carbocycles. The van der Waals surface area contributed by atoms with Crippen LogP contribution in [0.3, 0.4) is 0 Å². The summed E-state index contributed by atoms with van der Waals surface area (Å²) in [6.07, 6.45) is -1.84. The minimum absolute atomic E-state index is 0.0347. The molecule has 0 heterocycles. The summed E-state index contributed by atoms with van der Waals surface area (Å²) in [6, 6.07) is -1.54. The Morgan fingerprint density at radius 2 is 1.84 bits per heavy atom. The van der Waals surface area contributed by atoms with E-state index in [4.69, 9.17) is 10.2 Å². The Morgan fingerprint density at radius 1 is 1.26 bits per heavy atom. The van der Waals surface area contributed by atoms with Gasteiger partial charge in [0.2, 0.25) is 0 Å². The third-order valence-corrected chi connectivity index (χ3v) is 2.91. The van der Waals surface area contributed by atoms with Gasteiger partial charge in [-0.05, 0) is 12.8 Å². The number of rotatable bonds is 8. The van der Waals surface area contributed by atoms with Gasteiger partial charge in [0.15, 0.2) is 0 Å². The third kappa shape index (κ3) is 7.94. The van der Waals surface area contributed by atoms with Gasteiger partial charge >= 0.3 is 28.2 Å². The predicted octanol–water partition coefficient (Wildman–Crippen LogP) is -1.12. The molecule has 0 spiro atoms. The number of carbonyl (C=O) groups excluding carboxylic acids is 1. The topological polar surface area (TPSA) is 159 Å². The monoisotopic (exact) mass is 298 g/mol. The highest BCUT2D eigenvalue weighted by Crippen LogP contribution is 2.03. The first-order chi connectivity index (χ1) is 8.68. The van der Waals surface area contributed by atoms with Gasteiger partial charge in [-0.15, -0.1) is 0 Å². The smallest absolute Gasteiger partial charge is 0.421 e. The molecule has 0 aromatic rings. The maximum Gasteiger partial charge on any atom is 0.421 e. The number of amides is 1. The van der Waals surface area contributed by atoms with E-state index in [1.807, 2.05) is 0 Å². The molecule has 0 aromatic carbocycles. The maximum absolute atomic E-state index is 11.3. The van der Waals surface area contributed by atoms with Crippen molar-refractivity contribution in [1.82, 2.24) is 9.44 Å². The molecule has 4 N–H and O–H groups in total. The molecule has 1 atom stereocenters. The standard InChI is InChI=1S/C8H14N2O8S/c1-18-8(15)10-19(16,17)9-5(7(13)14)3-2-4-6(11)12/h5,9H,2-4H2,1H3,(H,10,15)(H,11,12)(H,13,14)/t5-/m1/s1. The summed E-state index contributed by atoms with van der Waals surface area (Å²) < 4.78 is 29.8. The number of aliphatic carboxylic acids is 2. The molecule has 0 rings (SSSR count). The van der Waals surface area contributed by atoms with Crippen LogP contribution in [0.2, 0.25) is 0 Å². The lowest BCUT2D eigenvalue weighted by Gasteiger charge is -2.14. The Bertz CT molecular complexity index is 446. The molecule has 0 saturated heterocycles. The first-order valence-electron chi connectivity index (χ1n) is 5.00. The van der Waals surface area contributed by atoms with E-state index in [-0.39, 0.29) is 19.3 Å². The minimum atomic E-state index is -4.39. The van der Waals surface area contributed by atoms with Crippen molar-refractivity contribution in [2.45, 2.75) is 25.3 Å². The van der Waals surface area contributed by atoms with Gasteiger partial charge in [0.1, 0.15) is 6.04 Å². The second-order valence-electron chi connectivity index (χ2n) is 3.39. The van der Waals surface area contributed by atoms with Crippen molar-refractivity contribution in [3.8, 4) is 0 Å². The van der Waals surface area contributed by atoms with E-state index in [2.05, 4.69) is 4.74 Å². The Hall–Kier alpha value is -1.88. The summed E-state index contributed by atoms with van der Waals surface area (Å²) in [5.41, 5.74) is 0. The lowest BCUT2D eigenvalue weighted by atomic mass is 10.1. The van der Waals surface area contributed by atoms with Crippen LogP contribution < -0.4 is 9.44 Å². The average Bonchev–Trinajstić information content (AvgIpc) is 2.26. The number of nitrogens with one attached hydrogen (secondary N) is 2. The molecule has 0 aliphatic rings. The number of carbonyl (C=O) groups is 3. The summed E-state index contributed by atoms with van der Waals surface area (Å²) in [5, 5.41) is 17.2. The van der Waals surface area contributed by atoms with E-state index in [9.17, 15) is 22.8 Å². The minimum Gasteiger partial charge on any atom is -0.481 e. The molecule has 10 nitrogen and oxygen atoms in total. The van der Waals surface area contributed by atoms with Crippen LogP contribution in [-0.4, -0.2) is 49.8 Å². The van der Waals surface area contributed by atoms with Gasteiger partial charge in [0.25, 0.3) is 0 Å². The van der Waals surface area contributed by atoms with Crippen molar-refractivity contribution in [2.24, 2.45) is 0 Å². The van der Waals surface area contributed by atoms with Gasteiger partial charge in [-0.2, -0.15) is 13.1 Å². The van der Waals surface area contributed by atoms with E-state index in [1.165, 1.54) is 4.72 Å². The highest BCUT2D eigenvalue weighted by molar-refractivity contribution is 7.88. The number of hydrogen-bond donors (Lipinski definition) is 4. The molecule has 0 aliphatic heterocycles. The van der Waals surface area contributed by atoms with E-state index in [1.54, 1.807) is 4.72 Å². The predicted molar refractivity (Wildman–Crippen MR) is 60.5 cm³/mol.